The van der Waals surface area contributed by atoms with E-state index in [0.29, 0.717) is 0 Å². The smallest absolute Gasteiger partial charge is 0.227 e. The molecular weight excluding hydrogens is 404 g/mol. The third kappa shape index (κ3) is 5.42. The SMILES string of the molecule is COc1ccccc1CC(=O)N(C)[C@@H]1CCCC[C@H]1N(C)C(=O)Cc1ccccc1OC. The van der Waals surface area contributed by atoms with Gasteiger partial charge in [0, 0.05) is 25.2 Å². The summed E-state index contributed by atoms with van der Waals surface area (Å²) in [7, 11) is 6.96. The van der Waals surface area contributed by atoms with Gasteiger partial charge in [0.25, 0.3) is 0 Å². The molecule has 32 heavy (non-hydrogen) atoms. The molecule has 0 heterocycles. The first-order valence-corrected chi connectivity index (χ1v) is 11.2. The van der Waals surface area contributed by atoms with E-state index < -0.39 is 0 Å². The highest BCUT2D eigenvalue weighted by molar-refractivity contribution is 5.81. The monoisotopic (exact) mass is 438 g/mol. The third-order valence-electron chi connectivity index (χ3n) is 6.54. The molecule has 6 nitrogen and oxygen atoms in total. The second-order valence-corrected chi connectivity index (χ2v) is 8.41. The van der Waals surface area contributed by atoms with Crippen molar-refractivity contribution in [1.82, 2.24) is 9.80 Å². The average molecular weight is 439 g/mol. The molecule has 0 aliphatic heterocycles. The lowest BCUT2D eigenvalue weighted by atomic mass is 9.87. The van der Waals surface area contributed by atoms with Gasteiger partial charge in [0.05, 0.1) is 39.1 Å². The number of carbonyl (C=O) groups excluding carboxylic acids is 2. The number of amides is 2. The van der Waals surface area contributed by atoms with Crippen molar-refractivity contribution in [2.45, 2.75) is 50.6 Å². The molecule has 172 valence electrons. The molecule has 1 fully saturated rings. The quantitative estimate of drug-likeness (QED) is 0.630. The van der Waals surface area contributed by atoms with Crippen molar-refractivity contribution >= 4 is 11.8 Å². The van der Waals surface area contributed by atoms with Gasteiger partial charge in [-0.25, -0.2) is 0 Å². The van der Waals surface area contributed by atoms with Crippen molar-refractivity contribution in [1.29, 1.82) is 0 Å². The number of ether oxygens (including phenoxy) is 2. The van der Waals surface area contributed by atoms with Gasteiger partial charge in [-0.1, -0.05) is 49.2 Å². The van der Waals surface area contributed by atoms with Gasteiger partial charge >= 0.3 is 0 Å². The Morgan fingerprint density at radius 1 is 0.750 bits per heavy atom. The van der Waals surface area contributed by atoms with E-state index >= 15 is 0 Å². The van der Waals surface area contributed by atoms with Gasteiger partial charge in [-0.15, -0.1) is 0 Å². The topological polar surface area (TPSA) is 59.1 Å². The summed E-state index contributed by atoms with van der Waals surface area (Å²) in [4.78, 5) is 30.0. The summed E-state index contributed by atoms with van der Waals surface area (Å²) in [5, 5.41) is 0. The van der Waals surface area contributed by atoms with Gasteiger partial charge in [-0.05, 0) is 25.0 Å². The Bertz CT molecular complexity index is 854. The highest BCUT2D eigenvalue weighted by Gasteiger charge is 2.35. The summed E-state index contributed by atoms with van der Waals surface area (Å²) in [6.45, 7) is 0. The Hall–Kier alpha value is -3.02. The zero-order valence-corrected chi connectivity index (χ0v) is 19.5. The van der Waals surface area contributed by atoms with Crippen molar-refractivity contribution in [3.05, 3.63) is 59.7 Å². The van der Waals surface area contributed by atoms with Crippen LogP contribution in [0.5, 0.6) is 11.5 Å². The lowest BCUT2D eigenvalue weighted by Gasteiger charge is -2.42. The Balaban J connectivity index is 1.71. The van der Waals surface area contributed by atoms with Crippen molar-refractivity contribution in [3.8, 4) is 11.5 Å². The van der Waals surface area contributed by atoms with E-state index in [1.54, 1.807) is 14.2 Å². The molecule has 1 saturated carbocycles. The van der Waals surface area contributed by atoms with Crippen LogP contribution in [-0.2, 0) is 22.4 Å². The minimum atomic E-state index is -0.00224. The molecule has 2 aromatic carbocycles. The van der Waals surface area contributed by atoms with Gasteiger partial charge in [0.1, 0.15) is 11.5 Å². The lowest BCUT2D eigenvalue weighted by Crippen LogP contribution is -2.54. The number of hydrogen-bond acceptors (Lipinski definition) is 4. The molecule has 2 aromatic rings. The second kappa shape index (κ2) is 11.0. The van der Waals surface area contributed by atoms with E-state index in [1.807, 2.05) is 72.4 Å². The van der Waals surface area contributed by atoms with Crippen LogP contribution < -0.4 is 9.47 Å². The lowest BCUT2D eigenvalue weighted by molar-refractivity contribution is -0.139. The van der Waals surface area contributed by atoms with Crippen molar-refractivity contribution in [2.24, 2.45) is 0 Å². The summed E-state index contributed by atoms with van der Waals surface area (Å²) < 4.78 is 10.8. The highest BCUT2D eigenvalue weighted by atomic mass is 16.5. The van der Waals surface area contributed by atoms with Crippen LogP contribution in [0.4, 0.5) is 0 Å². The molecule has 0 bridgehead atoms. The van der Waals surface area contributed by atoms with Crippen molar-refractivity contribution in [2.75, 3.05) is 28.3 Å². The fourth-order valence-electron chi connectivity index (χ4n) is 4.64. The first kappa shape index (κ1) is 23.6. The molecule has 0 unspecified atom stereocenters. The maximum atomic E-state index is 13.1. The van der Waals surface area contributed by atoms with Crippen LogP contribution in [0.1, 0.15) is 36.8 Å². The summed E-state index contributed by atoms with van der Waals surface area (Å²) in [5.74, 6) is 1.52. The Morgan fingerprint density at radius 2 is 1.12 bits per heavy atom. The molecule has 2 atom stereocenters. The molecule has 0 radical (unpaired) electrons. The van der Waals surface area contributed by atoms with Gasteiger partial charge in [-0.3, -0.25) is 9.59 Å². The molecule has 1 aliphatic carbocycles. The van der Waals surface area contributed by atoms with Crippen LogP contribution in [0, 0.1) is 0 Å². The summed E-state index contributed by atoms with van der Waals surface area (Å²) in [6.07, 6.45) is 4.46. The van der Waals surface area contributed by atoms with Gasteiger partial charge in [0.2, 0.25) is 11.8 Å². The Morgan fingerprint density at radius 3 is 1.50 bits per heavy atom. The van der Waals surface area contributed by atoms with E-state index in [2.05, 4.69) is 0 Å². The summed E-state index contributed by atoms with van der Waals surface area (Å²) in [5.41, 5.74) is 1.75. The van der Waals surface area contributed by atoms with Gasteiger partial charge in [0.15, 0.2) is 0 Å². The van der Waals surface area contributed by atoms with E-state index in [-0.39, 0.29) is 36.7 Å². The number of benzene rings is 2. The molecular formula is C26H34N2O4. The summed E-state index contributed by atoms with van der Waals surface area (Å²) in [6, 6.07) is 15.2. The van der Waals surface area contributed by atoms with E-state index in [4.69, 9.17) is 9.47 Å². The van der Waals surface area contributed by atoms with Crippen LogP contribution in [-0.4, -0.2) is 62.0 Å². The molecule has 2 amide bonds. The van der Waals surface area contributed by atoms with Crippen molar-refractivity contribution < 1.29 is 19.1 Å². The van der Waals surface area contributed by atoms with E-state index in [0.717, 1.165) is 48.3 Å². The molecule has 0 aromatic heterocycles. The molecule has 0 N–H and O–H groups in total. The predicted octanol–water partition coefficient (Wildman–Crippen LogP) is 3.72. The van der Waals surface area contributed by atoms with Crippen LogP contribution in [0.25, 0.3) is 0 Å². The minimum absolute atomic E-state index is 0.00224. The summed E-state index contributed by atoms with van der Waals surface area (Å²) >= 11 is 0. The number of likely N-dealkylation sites (N-methyl/N-ethyl adjacent to an activating group) is 2. The maximum Gasteiger partial charge on any atom is 0.227 e. The standard InChI is InChI=1S/C26H34N2O4/c1-27(25(29)17-19-11-5-9-15-23(19)31-3)21-13-7-8-14-22(21)28(2)26(30)18-20-12-6-10-16-24(20)32-4/h5-6,9-12,15-16,21-22H,7-8,13-14,17-18H2,1-4H3/t21-,22-/m1/s1. The molecule has 0 spiro atoms. The zero-order valence-electron chi connectivity index (χ0n) is 19.5. The van der Waals surface area contributed by atoms with Crippen LogP contribution in [0.15, 0.2) is 48.5 Å². The molecule has 0 saturated heterocycles. The largest absolute Gasteiger partial charge is 0.496 e. The third-order valence-corrected chi connectivity index (χ3v) is 6.54. The minimum Gasteiger partial charge on any atom is -0.496 e. The highest BCUT2D eigenvalue weighted by Crippen LogP contribution is 2.28. The normalized spacial score (nSPS) is 18.0. The number of rotatable bonds is 8. The Kier molecular flexibility index (Phi) is 8.14. The second-order valence-electron chi connectivity index (χ2n) is 8.41. The van der Waals surface area contributed by atoms with Crippen LogP contribution in [0.2, 0.25) is 0 Å². The fourth-order valence-corrected chi connectivity index (χ4v) is 4.64. The maximum absolute atomic E-state index is 13.1. The van der Waals surface area contributed by atoms with Crippen molar-refractivity contribution in [3.63, 3.8) is 0 Å². The number of methoxy groups -OCH3 is 2. The zero-order chi connectivity index (χ0) is 23.1. The van der Waals surface area contributed by atoms with E-state index in [9.17, 15) is 9.59 Å². The first-order chi connectivity index (χ1) is 15.5. The van der Waals surface area contributed by atoms with Crippen LogP contribution in [0.3, 0.4) is 0 Å². The molecule has 3 rings (SSSR count). The first-order valence-electron chi connectivity index (χ1n) is 11.2. The van der Waals surface area contributed by atoms with Gasteiger partial charge in [-0.2, -0.15) is 0 Å². The predicted molar refractivity (Wildman–Crippen MR) is 125 cm³/mol. The average Bonchev–Trinajstić information content (AvgIpc) is 2.83. The number of hydrogen-bond donors (Lipinski definition) is 0. The number of carbonyl (C=O) groups is 2. The van der Waals surface area contributed by atoms with E-state index in [1.165, 1.54) is 0 Å². The van der Waals surface area contributed by atoms with Crippen LogP contribution >= 0.6 is 0 Å². The molecule has 6 heteroatoms. The Labute approximate surface area is 191 Å². The number of nitrogens with zero attached hydrogens (tertiary/aromatic N) is 2. The van der Waals surface area contributed by atoms with Gasteiger partial charge < -0.3 is 19.3 Å². The fraction of sp³-hybridized carbons (Fsp3) is 0.462. The number of para-hydroxylation sites is 2. The molecule has 1 aliphatic rings.